The molecule has 3 aromatic rings. The van der Waals surface area contributed by atoms with Crippen molar-refractivity contribution < 1.29 is 14.5 Å². The van der Waals surface area contributed by atoms with E-state index in [1.165, 1.54) is 11.6 Å². The SMILES string of the molecule is COc1ccc(N(C)Cc2cccc([N+](=O)[O-])c2)c(C(=NC=O)c2ccc(C(C)C)cc2)c1. The number of anilines is 1. The average Bonchev–Trinajstić information content (AvgIpc) is 2.82. The van der Waals surface area contributed by atoms with E-state index < -0.39 is 4.92 Å². The van der Waals surface area contributed by atoms with Crippen molar-refractivity contribution in [2.24, 2.45) is 4.99 Å². The smallest absolute Gasteiger partial charge is 0.269 e. The van der Waals surface area contributed by atoms with Gasteiger partial charge in [0.15, 0.2) is 0 Å². The van der Waals surface area contributed by atoms with Crippen LogP contribution < -0.4 is 9.64 Å². The summed E-state index contributed by atoms with van der Waals surface area (Å²) in [4.78, 5) is 28.3. The fourth-order valence-corrected chi connectivity index (χ4v) is 3.67. The number of rotatable bonds is 9. The fraction of sp³-hybridized carbons (Fsp3) is 0.231. The van der Waals surface area contributed by atoms with Gasteiger partial charge in [0.2, 0.25) is 6.41 Å². The van der Waals surface area contributed by atoms with Gasteiger partial charge in [-0.15, -0.1) is 0 Å². The first-order chi connectivity index (χ1) is 15.8. The molecule has 0 atom stereocenters. The summed E-state index contributed by atoms with van der Waals surface area (Å²) in [6.07, 6.45) is 0.537. The molecule has 0 aliphatic rings. The van der Waals surface area contributed by atoms with Gasteiger partial charge in [0.05, 0.1) is 17.7 Å². The van der Waals surface area contributed by atoms with E-state index in [2.05, 4.69) is 18.8 Å². The third-order valence-corrected chi connectivity index (χ3v) is 5.44. The average molecular weight is 446 g/mol. The number of nitro groups is 1. The third kappa shape index (κ3) is 5.63. The molecule has 7 heteroatoms. The van der Waals surface area contributed by atoms with Crippen molar-refractivity contribution in [3.63, 3.8) is 0 Å². The summed E-state index contributed by atoms with van der Waals surface area (Å²) in [7, 11) is 3.48. The minimum Gasteiger partial charge on any atom is -0.497 e. The Morgan fingerprint density at radius 2 is 1.85 bits per heavy atom. The van der Waals surface area contributed by atoms with Crippen LogP contribution in [0, 0.1) is 10.1 Å². The molecule has 3 aromatic carbocycles. The number of ether oxygens (including phenoxy) is 1. The predicted molar refractivity (Wildman–Crippen MR) is 130 cm³/mol. The summed E-state index contributed by atoms with van der Waals surface area (Å²) in [5, 5.41) is 11.1. The largest absolute Gasteiger partial charge is 0.497 e. The van der Waals surface area contributed by atoms with E-state index in [4.69, 9.17) is 4.74 Å². The summed E-state index contributed by atoms with van der Waals surface area (Å²) in [6.45, 7) is 4.68. The summed E-state index contributed by atoms with van der Waals surface area (Å²) in [5.74, 6) is 1.02. The Hall–Kier alpha value is -4.00. The highest BCUT2D eigenvalue weighted by atomic mass is 16.6. The van der Waals surface area contributed by atoms with Crippen molar-refractivity contribution >= 4 is 23.5 Å². The van der Waals surface area contributed by atoms with Crippen LogP contribution in [0.4, 0.5) is 11.4 Å². The lowest BCUT2D eigenvalue weighted by molar-refractivity contribution is -0.384. The Kier molecular flexibility index (Phi) is 7.56. The minimum absolute atomic E-state index is 0.0457. The summed E-state index contributed by atoms with van der Waals surface area (Å²) in [5.41, 5.74) is 4.91. The molecule has 0 unspecified atom stereocenters. The maximum Gasteiger partial charge on any atom is 0.269 e. The van der Waals surface area contributed by atoms with Crippen molar-refractivity contribution in [3.8, 4) is 5.75 Å². The minimum atomic E-state index is -0.405. The number of nitrogens with zero attached hydrogens (tertiary/aromatic N) is 3. The van der Waals surface area contributed by atoms with Crippen molar-refractivity contribution in [3.05, 3.63) is 99.1 Å². The molecule has 3 rings (SSSR count). The van der Waals surface area contributed by atoms with E-state index in [1.54, 1.807) is 19.2 Å². The van der Waals surface area contributed by atoms with Gasteiger partial charge in [-0.3, -0.25) is 14.9 Å². The van der Waals surface area contributed by atoms with E-state index in [9.17, 15) is 14.9 Å². The van der Waals surface area contributed by atoms with Gasteiger partial charge in [0.1, 0.15) is 5.75 Å². The zero-order chi connectivity index (χ0) is 24.0. The lowest BCUT2D eigenvalue weighted by Crippen LogP contribution is -2.20. The number of nitro benzene ring substituents is 1. The fourth-order valence-electron chi connectivity index (χ4n) is 3.67. The molecule has 0 spiro atoms. The molecule has 0 aliphatic carbocycles. The van der Waals surface area contributed by atoms with Crippen molar-refractivity contribution in [2.75, 3.05) is 19.1 Å². The number of non-ortho nitro benzene ring substituents is 1. The van der Waals surface area contributed by atoms with Crippen LogP contribution >= 0.6 is 0 Å². The Morgan fingerprint density at radius 1 is 1.12 bits per heavy atom. The van der Waals surface area contributed by atoms with Gasteiger partial charge < -0.3 is 9.64 Å². The molecule has 7 nitrogen and oxygen atoms in total. The molecule has 0 saturated carbocycles. The number of benzene rings is 3. The summed E-state index contributed by atoms with van der Waals surface area (Å²) >= 11 is 0. The second-order valence-electron chi connectivity index (χ2n) is 8.03. The van der Waals surface area contributed by atoms with Crippen molar-refractivity contribution in [1.29, 1.82) is 0 Å². The van der Waals surface area contributed by atoms with Crippen LogP contribution in [-0.4, -0.2) is 31.2 Å². The molecule has 0 aliphatic heterocycles. The van der Waals surface area contributed by atoms with Gasteiger partial charge in [0, 0.05) is 42.5 Å². The highest BCUT2D eigenvalue weighted by Crippen LogP contribution is 2.29. The molecule has 0 aromatic heterocycles. The maximum absolute atomic E-state index is 11.5. The van der Waals surface area contributed by atoms with Crippen molar-refractivity contribution in [2.45, 2.75) is 26.3 Å². The molecular weight excluding hydrogens is 418 g/mol. The lowest BCUT2D eigenvalue weighted by Gasteiger charge is -2.24. The van der Waals surface area contributed by atoms with Crippen molar-refractivity contribution in [1.82, 2.24) is 0 Å². The van der Waals surface area contributed by atoms with Gasteiger partial charge in [0.25, 0.3) is 5.69 Å². The zero-order valence-electron chi connectivity index (χ0n) is 19.2. The normalized spacial score (nSPS) is 11.4. The van der Waals surface area contributed by atoms with Gasteiger partial charge in [-0.2, -0.15) is 0 Å². The van der Waals surface area contributed by atoms with Gasteiger partial charge >= 0.3 is 0 Å². The number of hydrogen-bond donors (Lipinski definition) is 0. The zero-order valence-corrected chi connectivity index (χ0v) is 19.2. The van der Waals surface area contributed by atoms with Crippen LogP contribution in [0.1, 0.15) is 42.0 Å². The Bertz CT molecular complexity index is 1170. The first kappa shape index (κ1) is 23.7. The molecule has 170 valence electrons. The highest BCUT2D eigenvalue weighted by molar-refractivity contribution is 6.18. The van der Waals surface area contributed by atoms with E-state index in [1.807, 2.05) is 60.5 Å². The van der Waals surface area contributed by atoms with Crippen LogP contribution in [-0.2, 0) is 11.3 Å². The summed E-state index contributed by atoms with van der Waals surface area (Å²) < 4.78 is 5.43. The molecule has 0 N–H and O–H groups in total. The number of methoxy groups -OCH3 is 1. The Morgan fingerprint density at radius 3 is 2.45 bits per heavy atom. The van der Waals surface area contributed by atoms with Gasteiger partial charge in [-0.1, -0.05) is 50.2 Å². The maximum atomic E-state index is 11.5. The van der Waals surface area contributed by atoms with Crippen LogP contribution in [0.15, 0.2) is 71.7 Å². The summed E-state index contributed by atoms with van der Waals surface area (Å²) in [6, 6.07) is 20.1. The second-order valence-corrected chi connectivity index (χ2v) is 8.03. The first-order valence-electron chi connectivity index (χ1n) is 10.6. The molecule has 33 heavy (non-hydrogen) atoms. The number of amides is 1. The molecule has 1 amide bonds. The number of hydrogen-bond acceptors (Lipinski definition) is 5. The van der Waals surface area contributed by atoms with Crippen LogP contribution in [0.25, 0.3) is 0 Å². The van der Waals surface area contributed by atoms with Gasteiger partial charge in [-0.05, 0) is 35.2 Å². The highest BCUT2D eigenvalue weighted by Gasteiger charge is 2.17. The molecule has 0 saturated heterocycles. The van der Waals surface area contributed by atoms with E-state index in [-0.39, 0.29) is 5.69 Å². The molecule has 0 bridgehead atoms. The number of carbonyl (C=O) groups is 1. The Labute approximate surface area is 193 Å². The predicted octanol–water partition coefficient (Wildman–Crippen LogP) is 5.36. The standard InChI is InChI=1S/C26H27N3O4/c1-18(2)20-8-10-21(11-9-20)26(27-17-30)24-15-23(33-4)12-13-25(24)28(3)16-19-6-5-7-22(14-19)29(31)32/h5-15,17-18H,16H2,1-4H3. The second kappa shape index (κ2) is 10.5. The molecule has 0 radical (unpaired) electrons. The van der Waals surface area contributed by atoms with Gasteiger partial charge in [-0.25, -0.2) is 4.99 Å². The number of aliphatic imine (C=N–C) groups is 1. The quantitative estimate of drug-likeness (QED) is 0.192. The Balaban J connectivity index is 2.04. The van der Waals surface area contributed by atoms with Crippen LogP contribution in [0.5, 0.6) is 5.75 Å². The topological polar surface area (TPSA) is 85.0 Å². The van der Waals surface area contributed by atoms with Crippen LogP contribution in [0.3, 0.4) is 0 Å². The monoisotopic (exact) mass is 445 g/mol. The van der Waals surface area contributed by atoms with E-state index in [0.717, 1.165) is 22.4 Å². The van der Waals surface area contributed by atoms with E-state index in [0.29, 0.717) is 30.3 Å². The lowest BCUT2D eigenvalue weighted by atomic mass is 9.96. The first-order valence-corrected chi connectivity index (χ1v) is 10.6. The molecule has 0 fully saturated rings. The third-order valence-electron chi connectivity index (χ3n) is 5.44. The number of carbonyl (C=O) groups excluding carboxylic acids is 1. The molecule has 0 heterocycles. The molecular formula is C26H27N3O4. The van der Waals surface area contributed by atoms with Crippen LogP contribution in [0.2, 0.25) is 0 Å². The van der Waals surface area contributed by atoms with E-state index >= 15 is 0 Å².